The molecule has 0 amide bonds. The molecule has 0 aliphatic heterocycles. The van der Waals surface area contributed by atoms with Gasteiger partial charge in [0.2, 0.25) is 0 Å². The highest BCUT2D eigenvalue weighted by Gasteiger charge is 2.21. The molecular formula is C25H22FN3O3. The topological polar surface area (TPSA) is 76.4 Å². The lowest BCUT2D eigenvalue weighted by molar-refractivity contribution is 0.0697. The first-order valence-electron chi connectivity index (χ1n) is 9.99. The number of aromatic carboxylic acids is 1. The van der Waals surface area contributed by atoms with Crippen LogP contribution < -0.4 is 10.1 Å². The van der Waals surface area contributed by atoms with Crippen LogP contribution in [-0.2, 0) is 0 Å². The Balaban J connectivity index is 1.90. The zero-order valence-electron chi connectivity index (χ0n) is 17.9. The van der Waals surface area contributed by atoms with Gasteiger partial charge in [0.05, 0.1) is 29.7 Å². The Kier molecular flexibility index (Phi) is 5.64. The SMILES string of the molecule is COc1ccc(Nc2c(C)c(-c3ccc(F)cc3)nn2-c2ccccc2C)c(C(=O)O)c1. The Morgan fingerprint density at radius 3 is 2.44 bits per heavy atom. The van der Waals surface area contributed by atoms with Gasteiger partial charge < -0.3 is 15.2 Å². The minimum absolute atomic E-state index is 0.0737. The molecule has 2 N–H and O–H groups in total. The molecule has 1 heterocycles. The molecule has 0 aliphatic rings. The molecule has 162 valence electrons. The molecular weight excluding hydrogens is 409 g/mol. The van der Waals surface area contributed by atoms with Crippen LogP contribution in [0.15, 0.2) is 66.7 Å². The summed E-state index contributed by atoms with van der Waals surface area (Å²) >= 11 is 0. The number of carbonyl (C=O) groups is 1. The Morgan fingerprint density at radius 2 is 1.78 bits per heavy atom. The van der Waals surface area contributed by atoms with Crippen LogP contribution in [-0.4, -0.2) is 28.0 Å². The molecule has 4 rings (SSSR count). The number of carboxylic acid groups (broad SMARTS) is 1. The lowest BCUT2D eigenvalue weighted by Gasteiger charge is -2.15. The van der Waals surface area contributed by atoms with E-state index < -0.39 is 5.97 Å². The number of hydrogen-bond acceptors (Lipinski definition) is 4. The zero-order chi connectivity index (χ0) is 22.8. The molecule has 0 atom stereocenters. The zero-order valence-corrected chi connectivity index (χ0v) is 17.9. The summed E-state index contributed by atoms with van der Waals surface area (Å²) in [5.74, 6) is -0.340. The predicted octanol–water partition coefficient (Wildman–Crippen LogP) is 5.75. The van der Waals surface area contributed by atoms with Crippen LogP contribution in [0.25, 0.3) is 16.9 Å². The molecule has 0 radical (unpaired) electrons. The van der Waals surface area contributed by atoms with Gasteiger partial charge in [-0.25, -0.2) is 13.9 Å². The van der Waals surface area contributed by atoms with Crippen LogP contribution in [0.3, 0.4) is 0 Å². The molecule has 0 fully saturated rings. The molecule has 0 spiro atoms. The molecule has 3 aromatic carbocycles. The number of carboxylic acids is 1. The highest BCUT2D eigenvalue weighted by molar-refractivity contribution is 5.96. The number of anilines is 2. The number of methoxy groups -OCH3 is 1. The average molecular weight is 431 g/mol. The highest BCUT2D eigenvalue weighted by atomic mass is 19.1. The Morgan fingerprint density at radius 1 is 1.06 bits per heavy atom. The maximum absolute atomic E-state index is 13.5. The monoisotopic (exact) mass is 431 g/mol. The standard InChI is InChI=1S/C25H22FN3O3/c1-15-6-4-5-7-22(15)29-24(16(2)23(28-29)17-8-10-18(26)11-9-17)27-21-13-12-19(32-3)14-20(21)25(30)31/h4-14,27H,1-3H3,(H,30,31). The number of nitrogens with one attached hydrogen (secondary N) is 1. The van der Waals surface area contributed by atoms with Gasteiger partial charge in [-0.15, -0.1) is 0 Å². The molecule has 0 bridgehead atoms. The molecule has 0 unspecified atom stereocenters. The molecule has 0 saturated heterocycles. The minimum Gasteiger partial charge on any atom is -0.497 e. The van der Waals surface area contributed by atoms with E-state index in [1.54, 1.807) is 28.9 Å². The van der Waals surface area contributed by atoms with Gasteiger partial charge in [-0.2, -0.15) is 5.10 Å². The van der Waals surface area contributed by atoms with Crippen molar-refractivity contribution in [2.24, 2.45) is 0 Å². The number of aromatic nitrogens is 2. The number of benzene rings is 3. The second-order valence-corrected chi connectivity index (χ2v) is 7.37. The third-order valence-electron chi connectivity index (χ3n) is 5.29. The lowest BCUT2D eigenvalue weighted by atomic mass is 10.1. The summed E-state index contributed by atoms with van der Waals surface area (Å²) in [4.78, 5) is 11.9. The van der Waals surface area contributed by atoms with E-state index in [4.69, 9.17) is 9.84 Å². The van der Waals surface area contributed by atoms with Crippen molar-refractivity contribution in [3.05, 3.63) is 89.2 Å². The average Bonchev–Trinajstić information content (AvgIpc) is 3.10. The molecule has 4 aromatic rings. The number of hydrogen-bond donors (Lipinski definition) is 2. The second kappa shape index (κ2) is 8.55. The summed E-state index contributed by atoms with van der Waals surface area (Å²) in [7, 11) is 1.49. The van der Waals surface area contributed by atoms with Gasteiger partial charge in [-0.1, -0.05) is 18.2 Å². The van der Waals surface area contributed by atoms with Crippen molar-refractivity contribution in [1.29, 1.82) is 0 Å². The minimum atomic E-state index is -1.08. The first-order valence-corrected chi connectivity index (χ1v) is 9.99. The van der Waals surface area contributed by atoms with Crippen molar-refractivity contribution in [3.63, 3.8) is 0 Å². The lowest BCUT2D eigenvalue weighted by Crippen LogP contribution is -2.08. The van der Waals surface area contributed by atoms with Gasteiger partial charge in [0.25, 0.3) is 0 Å². The largest absolute Gasteiger partial charge is 0.497 e. The summed E-state index contributed by atoms with van der Waals surface area (Å²) in [5, 5.41) is 17.8. The highest BCUT2D eigenvalue weighted by Crippen LogP contribution is 2.34. The van der Waals surface area contributed by atoms with E-state index in [1.165, 1.54) is 25.3 Å². The Bertz CT molecular complexity index is 1300. The fraction of sp³-hybridized carbons (Fsp3) is 0.120. The smallest absolute Gasteiger partial charge is 0.337 e. The van der Waals surface area contributed by atoms with Crippen molar-refractivity contribution >= 4 is 17.5 Å². The van der Waals surface area contributed by atoms with E-state index in [0.29, 0.717) is 22.9 Å². The second-order valence-electron chi connectivity index (χ2n) is 7.37. The molecule has 0 saturated carbocycles. The summed E-state index contributed by atoms with van der Waals surface area (Å²) in [6.07, 6.45) is 0. The van der Waals surface area contributed by atoms with Crippen molar-refractivity contribution in [3.8, 4) is 22.7 Å². The number of aryl methyl sites for hydroxylation is 1. The maximum atomic E-state index is 13.5. The predicted molar refractivity (Wildman–Crippen MR) is 122 cm³/mol. The van der Waals surface area contributed by atoms with Crippen LogP contribution >= 0.6 is 0 Å². The fourth-order valence-electron chi connectivity index (χ4n) is 3.56. The van der Waals surface area contributed by atoms with Crippen LogP contribution in [0.4, 0.5) is 15.9 Å². The number of nitrogens with zero attached hydrogens (tertiary/aromatic N) is 2. The summed E-state index contributed by atoms with van der Waals surface area (Å²) < 4.78 is 20.4. The maximum Gasteiger partial charge on any atom is 0.337 e. The van der Waals surface area contributed by atoms with Gasteiger partial charge in [-0.05, 0) is 67.9 Å². The molecule has 7 heteroatoms. The normalized spacial score (nSPS) is 10.8. The summed E-state index contributed by atoms with van der Waals surface area (Å²) in [5.41, 5.74) is 4.54. The third kappa shape index (κ3) is 3.92. The van der Waals surface area contributed by atoms with Crippen LogP contribution in [0.2, 0.25) is 0 Å². The van der Waals surface area contributed by atoms with Gasteiger partial charge in [0.15, 0.2) is 0 Å². The van der Waals surface area contributed by atoms with E-state index in [-0.39, 0.29) is 11.4 Å². The summed E-state index contributed by atoms with van der Waals surface area (Å²) in [6, 6.07) is 18.7. The van der Waals surface area contributed by atoms with Gasteiger partial charge in [0, 0.05) is 11.1 Å². The Labute approximate surface area is 184 Å². The Hall–Kier alpha value is -4.13. The number of ether oxygens (including phenoxy) is 1. The van der Waals surface area contributed by atoms with Crippen molar-refractivity contribution < 1.29 is 19.0 Å². The van der Waals surface area contributed by atoms with Gasteiger partial charge >= 0.3 is 5.97 Å². The van der Waals surface area contributed by atoms with Crippen LogP contribution in [0, 0.1) is 19.7 Å². The van der Waals surface area contributed by atoms with Crippen molar-refractivity contribution in [2.75, 3.05) is 12.4 Å². The van der Waals surface area contributed by atoms with Crippen LogP contribution in [0.1, 0.15) is 21.5 Å². The fourth-order valence-corrected chi connectivity index (χ4v) is 3.56. The van der Waals surface area contributed by atoms with E-state index in [2.05, 4.69) is 5.32 Å². The van der Waals surface area contributed by atoms with Crippen molar-refractivity contribution in [2.45, 2.75) is 13.8 Å². The van der Waals surface area contributed by atoms with Gasteiger partial charge in [0.1, 0.15) is 17.4 Å². The van der Waals surface area contributed by atoms with Crippen molar-refractivity contribution in [1.82, 2.24) is 9.78 Å². The molecule has 1 aromatic heterocycles. The van der Waals surface area contributed by atoms with E-state index >= 15 is 0 Å². The molecule has 0 aliphatic carbocycles. The van der Waals surface area contributed by atoms with Gasteiger partial charge in [-0.3, -0.25) is 0 Å². The van der Waals surface area contributed by atoms with E-state index in [0.717, 1.165) is 22.4 Å². The third-order valence-corrected chi connectivity index (χ3v) is 5.29. The molecule has 32 heavy (non-hydrogen) atoms. The number of halogens is 1. The first-order chi connectivity index (χ1) is 15.4. The van der Waals surface area contributed by atoms with E-state index in [9.17, 15) is 14.3 Å². The number of rotatable bonds is 6. The quantitative estimate of drug-likeness (QED) is 0.407. The van der Waals surface area contributed by atoms with E-state index in [1.807, 2.05) is 38.1 Å². The first kappa shape index (κ1) is 21.1. The van der Waals surface area contributed by atoms with Crippen LogP contribution in [0.5, 0.6) is 5.75 Å². The summed E-state index contributed by atoms with van der Waals surface area (Å²) in [6.45, 7) is 3.87. The number of para-hydroxylation sites is 1. The molecule has 6 nitrogen and oxygen atoms in total.